The Labute approximate surface area is 226 Å². The van der Waals surface area contributed by atoms with Crippen LogP contribution in [0.5, 0.6) is 0 Å². The van der Waals surface area contributed by atoms with E-state index >= 15 is 0 Å². The third-order valence-corrected chi connectivity index (χ3v) is 6.86. The first-order valence-corrected chi connectivity index (χ1v) is 13.0. The molecule has 3 rings (SSSR count). The summed E-state index contributed by atoms with van der Waals surface area (Å²) >= 11 is 3.25. The summed E-state index contributed by atoms with van der Waals surface area (Å²) in [5.41, 5.74) is -3.11. The van der Waals surface area contributed by atoms with E-state index in [4.69, 9.17) is 0 Å². The van der Waals surface area contributed by atoms with Crippen LogP contribution in [0.25, 0.3) is 0 Å². The molecule has 2 heterocycles. The van der Waals surface area contributed by atoms with E-state index in [9.17, 15) is 31.1 Å². The molecule has 3 atom stereocenters. The lowest BCUT2D eigenvalue weighted by Gasteiger charge is -2.46. The number of amides is 1. The first-order chi connectivity index (χ1) is 17.3. The highest BCUT2D eigenvalue weighted by molar-refractivity contribution is 9.10. The number of likely N-dealkylation sites (tertiary alicyclic amines) is 1. The summed E-state index contributed by atoms with van der Waals surface area (Å²) < 4.78 is 81.5. The molecular formula is C26H31BrF6N4O. The second-order valence-corrected chi connectivity index (χ2v) is 12.0. The minimum Gasteiger partial charge on any atom is -0.337 e. The summed E-state index contributed by atoms with van der Waals surface area (Å²) in [4.78, 5) is 25.1. The number of aromatic nitrogens is 2. The molecule has 1 saturated heterocycles. The summed E-state index contributed by atoms with van der Waals surface area (Å²) in [6, 6.07) is 0.843. The van der Waals surface area contributed by atoms with Crippen LogP contribution in [0.2, 0.25) is 0 Å². The Morgan fingerprint density at radius 1 is 0.947 bits per heavy atom. The fourth-order valence-electron chi connectivity index (χ4n) is 4.96. The van der Waals surface area contributed by atoms with Crippen LogP contribution in [0, 0.1) is 5.41 Å². The van der Waals surface area contributed by atoms with Crippen molar-refractivity contribution >= 4 is 27.8 Å². The molecule has 0 radical (unpaired) electrons. The summed E-state index contributed by atoms with van der Waals surface area (Å²) in [6.45, 7) is 9.46. The molecule has 1 fully saturated rings. The maximum atomic E-state index is 13.5. The van der Waals surface area contributed by atoms with Crippen molar-refractivity contribution in [2.24, 2.45) is 5.41 Å². The minimum absolute atomic E-state index is 0.00934. The summed E-state index contributed by atoms with van der Waals surface area (Å²) in [5.74, 6) is 0.188. The van der Waals surface area contributed by atoms with Gasteiger partial charge in [0, 0.05) is 43.5 Å². The molecule has 1 aliphatic heterocycles. The number of hydrogen-bond donors (Lipinski definition) is 0. The van der Waals surface area contributed by atoms with Crippen LogP contribution in [0.4, 0.5) is 32.3 Å². The van der Waals surface area contributed by atoms with Gasteiger partial charge in [0.05, 0.1) is 15.6 Å². The van der Waals surface area contributed by atoms with E-state index in [1.807, 2.05) is 39.5 Å². The van der Waals surface area contributed by atoms with Crippen LogP contribution in [0.3, 0.4) is 0 Å². The van der Waals surface area contributed by atoms with Gasteiger partial charge in [-0.15, -0.1) is 0 Å². The smallest absolute Gasteiger partial charge is 0.337 e. The average Bonchev–Trinajstić information content (AvgIpc) is 2.75. The minimum atomic E-state index is -4.95. The molecule has 0 saturated carbocycles. The molecular weight excluding hydrogens is 578 g/mol. The molecule has 1 aromatic carbocycles. The standard InChI is InChI=1S/C26H31BrF6N4O/c1-15-6-21(7-16(2)37(15)22(38)11-24(3,4)5)36(23-34-12-20(27)13-35-23)14-17-8-18(25(28,29)30)10-19(9-17)26(31,32)33/h8-10,12-13,15-16,21H,6-7,11,14H2,1-5H3/t15-,16+,21+. The molecule has 5 nitrogen and oxygen atoms in total. The van der Waals surface area contributed by atoms with Gasteiger partial charge in [0.15, 0.2) is 0 Å². The van der Waals surface area contributed by atoms with E-state index < -0.39 is 23.5 Å². The number of carbonyl (C=O) groups excluding carboxylic acids is 1. The zero-order chi connectivity index (χ0) is 28.6. The number of hydrogen-bond acceptors (Lipinski definition) is 4. The highest BCUT2D eigenvalue weighted by Gasteiger charge is 2.40. The van der Waals surface area contributed by atoms with Crippen molar-refractivity contribution in [2.75, 3.05) is 4.90 Å². The fourth-order valence-corrected chi connectivity index (χ4v) is 5.17. The van der Waals surface area contributed by atoms with Crippen molar-refractivity contribution in [3.05, 3.63) is 51.8 Å². The predicted molar refractivity (Wildman–Crippen MR) is 135 cm³/mol. The van der Waals surface area contributed by atoms with E-state index in [-0.39, 0.29) is 53.6 Å². The molecule has 0 unspecified atom stereocenters. The van der Waals surface area contributed by atoms with Gasteiger partial charge in [-0.1, -0.05) is 20.8 Å². The molecule has 0 N–H and O–H groups in total. The van der Waals surface area contributed by atoms with Gasteiger partial charge in [-0.05, 0) is 71.8 Å². The molecule has 1 aliphatic rings. The lowest BCUT2D eigenvalue weighted by atomic mass is 9.87. The Bertz CT molecular complexity index is 1090. The monoisotopic (exact) mass is 608 g/mol. The molecule has 0 bridgehead atoms. The second kappa shape index (κ2) is 11.0. The van der Waals surface area contributed by atoms with Crippen molar-refractivity contribution in [3.63, 3.8) is 0 Å². The Hall–Kier alpha value is -2.37. The van der Waals surface area contributed by atoms with Crippen LogP contribution in [-0.4, -0.2) is 38.9 Å². The van der Waals surface area contributed by atoms with Crippen LogP contribution in [0.1, 0.15) is 70.6 Å². The Morgan fingerprint density at radius 2 is 1.42 bits per heavy atom. The topological polar surface area (TPSA) is 49.3 Å². The first kappa shape index (κ1) is 30.2. The van der Waals surface area contributed by atoms with Gasteiger partial charge in [0.25, 0.3) is 0 Å². The van der Waals surface area contributed by atoms with Crippen LogP contribution < -0.4 is 4.90 Å². The van der Waals surface area contributed by atoms with Crippen LogP contribution in [-0.2, 0) is 23.7 Å². The SMILES string of the molecule is C[C@@H]1C[C@H](N(Cc2cc(C(F)(F)F)cc(C(F)(F)F)c2)c2ncc(Br)cn2)C[C@H](C)N1C(=O)CC(C)(C)C. The molecule has 2 aromatic rings. The number of rotatable bonds is 5. The molecule has 1 aromatic heterocycles. The number of halogens is 7. The van der Waals surface area contributed by atoms with E-state index in [1.165, 1.54) is 12.4 Å². The van der Waals surface area contributed by atoms with Crippen molar-refractivity contribution in [1.82, 2.24) is 14.9 Å². The van der Waals surface area contributed by atoms with E-state index in [0.717, 1.165) is 12.1 Å². The summed E-state index contributed by atoms with van der Waals surface area (Å²) in [5, 5.41) is 0. The molecule has 12 heteroatoms. The van der Waals surface area contributed by atoms with Gasteiger partial charge < -0.3 is 9.80 Å². The maximum Gasteiger partial charge on any atom is 0.416 e. The average molecular weight is 609 g/mol. The molecule has 0 aliphatic carbocycles. The van der Waals surface area contributed by atoms with Crippen molar-refractivity contribution < 1.29 is 31.1 Å². The fraction of sp³-hybridized carbons (Fsp3) is 0.577. The summed E-state index contributed by atoms with van der Waals surface area (Å²) in [7, 11) is 0. The second-order valence-electron chi connectivity index (χ2n) is 11.1. The Kier molecular flexibility index (Phi) is 8.75. The Balaban J connectivity index is 1.99. The van der Waals surface area contributed by atoms with Gasteiger partial charge in [0.1, 0.15) is 0 Å². The number of carbonyl (C=O) groups is 1. The van der Waals surface area contributed by atoms with Gasteiger partial charge >= 0.3 is 12.4 Å². The predicted octanol–water partition coefficient (Wildman–Crippen LogP) is 7.49. The first-order valence-electron chi connectivity index (χ1n) is 12.2. The molecule has 1 amide bonds. The van der Waals surface area contributed by atoms with Crippen LogP contribution >= 0.6 is 15.9 Å². The van der Waals surface area contributed by atoms with E-state index in [1.54, 1.807) is 4.90 Å². The van der Waals surface area contributed by atoms with Crippen molar-refractivity contribution in [3.8, 4) is 0 Å². The largest absolute Gasteiger partial charge is 0.416 e. The van der Waals surface area contributed by atoms with Gasteiger partial charge in [-0.3, -0.25) is 4.79 Å². The van der Waals surface area contributed by atoms with Gasteiger partial charge in [-0.25, -0.2) is 9.97 Å². The quantitative estimate of drug-likeness (QED) is 0.330. The number of nitrogens with zero attached hydrogens (tertiary/aromatic N) is 4. The van der Waals surface area contributed by atoms with E-state index in [2.05, 4.69) is 25.9 Å². The normalized spacial score (nSPS) is 20.9. The number of anilines is 1. The lowest BCUT2D eigenvalue weighted by molar-refractivity contribution is -0.143. The lowest BCUT2D eigenvalue weighted by Crippen LogP contribution is -2.55. The number of alkyl halides is 6. The van der Waals surface area contributed by atoms with Gasteiger partial charge in [-0.2, -0.15) is 26.3 Å². The maximum absolute atomic E-state index is 13.5. The third-order valence-electron chi connectivity index (χ3n) is 6.45. The number of piperidine rings is 1. The number of benzene rings is 1. The summed E-state index contributed by atoms with van der Waals surface area (Å²) in [6.07, 6.45) is -5.70. The van der Waals surface area contributed by atoms with Gasteiger partial charge in [0.2, 0.25) is 11.9 Å². The third kappa shape index (κ3) is 7.60. The van der Waals surface area contributed by atoms with Crippen molar-refractivity contribution in [1.29, 1.82) is 0 Å². The van der Waals surface area contributed by atoms with Crippen LogP contribution in [0.15, 0.2) is 35.1 Å². The zero-order valence-electron chi connectivity index (χ0n) is 21.8. The Morgan fingerprint density at radius 3 is 1.84 bits per heavy atom. The zero-order valence-corrected chi connectivity index (χ0v) is 23.4. The highest BCUT2D eigenvalue weighted by atomic mass is 79.9. The molecule has 0 spiro atoms. The van der Waals surface area contributed by atoms with Crippen molar-refractivity contribution in [2.45, 2.75) is 90.9 Å². The highest BCUT2D eigenvalue weighted by Crippen LogP contribution is 2.38. The van der Waals surface area contributed by atoms with E-state index in [0.29, 0.717) is 23.7 Å². The molecule has 38 heavy (non-hydrogen) atoms. The molecule has 210 valence electrons.